The Morgan fingerprint density at radius 2 is 1.77 bits per heavy atom. The molecule has 0 amide bonds. The van der Waals surface area contributed by atoms with Crippen LogP contribution in [0.25, 0.3) is 0 Å². The number of para-hydroxylation sites is 1. The normalized spacial score (nSPS) is 10.4. The quantitative estimate of drug-likeness (QED) is 0.473. The second-order valence-corrected chi connectivity index (χ2v) is 4.09. The number of rotatable bonds is 0. The van der Waals surface area contributed by atoms with E-state index < -0.39 is 0 Å². The molecule has 0 aromatic heterocycles. The number of hydrogen-bond donors (Lipinski definition) is 1. The fourth-order valence-corrected chi connectivity index (χ4v) is 0.866. The Morgan fingerprint density at radius 3 is 2.31 bits per heavy atom. The predicted octanol–water partition coefficient (Wildman–Crippen LogP) is 2.67. The monoisotopic (exact) mass is 173 g/mol. The molecule has 0 atom stereocenters. The zero-order chi connectivity index (χ0) is 9.90. The van der Waals surface area contributed by atoms with Gasteiger partial charge in [0.15, 0.2) is 0 Å². The van der Waals surface area contributed by atoms with E-state index in [2.05, 4.69) is 32.6 Å². The number of nitrogens with two attached hydrogens (primary N) is 1. The minimum Gasteiger partial charge on any atom is -0.398 e. The van der Waals surface area contributed by atoms with Crippen molar-refractivity contribution in [2.75, 3.05) is 5.73 Å². The van der Waals surface area contributed by atoms with Gasteiger partial charge in [0.1, 0.15) is 0 Å². The van der Waals surface area contributed by atoms with Gasteiger partial charge in [-0.05, 0) is 32.9 Å². The van der Waals surface area contributed by atoms with E-state index in [0.29, 0.717) is 0 Å². The SMILES string of the molecule is CC(C)(C)C#Cc1ccccc1N. The number of anilines is 1. The lowest BCUT2D eigenvalue weighted by Crippen LogP contribution is -1.99. The van der Waals surface area contributed by atoms with Gasteiger partial charge in [0.25, 0.3) is 0 Å². The standard InChI is InChI=1S/C12H15N/c1-12(2,3)9-8-10-6-4-5-7-11(10)13/h4-7H,13H2,1-3H3. The van der Waals surface area contributed by atoms with Gasteiger partial charge in [0.2, 0.25) is 0 Å². The van der Waals surface area contributed by atoms with E-state index in [0.717, 1.165) is 11.3 Å². The summed E-state index contributed by atoms with van der Waals surface area (Å²) in [5.41, 5.74) is 7.44. The molecule has 1 rings (SSSR count). The minimum absolute atomic E-state index is 0.0300. The van der Waals surface area contributed by atoms with E-state index in [1.807, 2.05) is 24.3 Å². The lowest BCUT2D eigenvalue weighted by atomic mass is 9.97. The summed E-state index contributed by atoms with van der Waals surface area (Å²) in [4.78, 5) is 0. The molecule has 0 heterocycles. The van der Waals surface area contributed by atoms with Crippen LogP contribution in [0.5, 0.6) is 0 Å². The molecule has 68 valence electrons. The second-order valence-electron chi connectivity index (χ2n) is 4.09. The van der Waals surface area contributed by atoms with Crippen molar-refractivity contribution in [3.63, 3.8) is 0 Å². The fraction of sp³-hybridized carbons (Fsp3) is 0.333. The Kier molecular flexibility index (Phi) is 2.63. The van der Waals surface area contributed by atoms with E-state index >= 15 is 0 Å². The Morgan fingerprint density at radius 1 is 1.15 bits per heavy atom. The highest BCUT2D eigenvalue weighted by Crippen LogP contribution is 2.13. The molecular formula is C12H15N. The van der Waals surface area contributed by atoms with Gasteiger partial charge >= 0.3 is 0 Å². The van der Waals surface area contributed by atoms with Crippen molar-refractivity contribution >= 4 is 5.69 Å². The molecule has 0 aliphatic carbocycles. The first-order valence-electron chi connectivity index (χ1n) is 4.37. The average Bonchev–Trinajstić information content (AvgIpc) is 2.01. The molecule has 2 N–H and O–H groups in total. The van der Waals surface area contributed by atoms with E-state index in [-0.39, 0.29) is 5.41 Å². The van der Waals surface area contributed by atoms with Crippen molar-refractivity contribution in [3.05, 3.63) is 29.8 Å². The predicted molar refractivity (Wildman–Crippen MR) is 57.2 cm³/mol. The van der Waals surface area contributed by atoms with Crippen molar-refractivity contribution < 1.29 is 0 Å². The van der Waals surface area contributed by atoms with Crippen molar-refractivity contribution in [3.8, 4) is 11.8 Å². The number of benzene rings is 1. The topological polar surface area (TPSA) is 26.0 Å². The van der Waals surface area contributed by atoms with Gasteiger partial charge in [0, 0.05) is 16.7 Å². The minimum atomic E-state index is 0.0300. The van der Waals surface area contributed by atoms with Gasteiger partial charge in [-0.3, -0.25) is 0 Å². The second kappa shape index (κ2) is 3.53. The van der Waals surface area contributed by atoms with Crippen LogP contribution < -0.4 is 5.73 Å². The van der Waals surface area contributed by atoms with Gasteiger partial charge in [0.05, 0.1) is 0 Å². The maximum Gasteiger partial charge on any atom is 0.0475 e. The summed E-state index contributed by atoms with van der Waals surface area (Å²) in [6.07, 6.45) is 0. The maximum atomic E-state index is 5.75. The number of nitrogen functional groups attached to an aromatic ring is 1. The Labute approximate surface area is 80.0 Å². The van der Waals surface area contributed by atoms with Gasteiger partial charge in [-0.1, -0.05) is 24.0 Å². The molecule has 1 heteroatoms. The smallest absolute Gasteiger partial charge is 0.0475 e. The summed E-state index contributed by atoms with van der Waals surface area (Å²) in [6.45, 7) is 6.25. The third-order valence-electron chi connectivity index (χ3n) is 1.53. The van der Waals surface area contributed by atoms with Crippen LogP contribution in [0.2, 0.25) is 0 Å². The summed E-state index contributed by atoms with van der Waals surface area (Å²) in [5.74, 6) is 6.23. The van der Waals surface area contributed by atoms with Crippen molar-refractivity contribution in [1.29, 1.82) is 0 Å². The highest BCUT2D eigenvalue weighted by molar-refractivity contribution is 5.55. The highest BCUT2D eigenvalue weighted by atomic mass is 14.5. The zero-order valence-electron chi connectivity index (χ0n) is 8.39. The largest absolute Gasteiger partial charge is 0.398 e. The molecule has 1 nitrogen and oxygen atoms in total. The summed E-state index contributed by atoms with van der Waals surface area (Å²) < 4.78 is 0. The molecule has 0 radical (unpaired) electrons. The van der Waals surface area contributed by atoms with Crippen molar-refractivity contribution in [2.24, 2.45) is 5.41 Å². The first kappa shape index (κ1) is 9.67. The molecule has 0 spiro atoms. The summed E-state index contributed by atoms with van der Waals surface area (Å²) in [5, 5.41) is 0. The van der Waals surface area contributed by atoms with Crippen LogP contribution in [0.4, 0.5) is 5.69 Å². The van der Waals surface area contributed by atoms with Crippen LogP contribution in [0.15, 0.2) is 24.3 Å². The van der Waals surface area contributed by atoms with E-state index in [1.165, 1.54) is 0 Å². The van der Waals surface area contributed by atoms with E-state index in [4.69, 9.17) is 5.73 Å². The van der Waals surface area contributed by atoms with E-state index in [1.54, 1.807) is 0 Å². The Balaban J connectivity index is 2.97. The first-order valence-corrected chi connectivity index (χ1v) is 4.37. The van der Waals surface area contributed by atoms with Gasteiger partial charge in [-0.15, -0.1) is 0 Å². The van der Waals surface area contributed by atoms with Gasteiger partial charge < -0.3 is 5.73 Å². The third kappa shape index (κ3) is 3.21. The van der Waals surface area contributed by atoms with Gasteiger partial charge in [-0.2, -0.15) is 0 Å². The molecule has 0 aliphatic rings. The molecule has 0 bridgehead atoms. The van der Waals surface area contributed by atoms with Crippen LogP contribution in [-0.2, 0) is 0 Å². The molecule has 0 fully saturated rings. The molecular weight excluding hydrogens is 158 g/mol. The van der Waals surface area contributed by atoms with Crippen LogP contribution in [0, 0.1) is 17.3 Å². The van der Waals surface area contributed by atoms with Crippen LogP contribution >= 0.6 is 0 Å². The lowest BCUT2D eigenvalue weighted by Gasteiger charge is -2.07. The molecule has 0 saturated heterocycles. The molecule has 1 aromatic carbocycles. The summed E-state index contributed by atoms with van der Waals surface area (Å²) in [6, 6.07) is 7.67. The van der Waals surface area contributed by atoms with Crippen LogP contribution in [0.3, 0.4) is 0 Å². The highest BCUT2D eigenvalue weighted by Gasteiger charge is 2.03. The van der Waals surface area contributed by atoms with Crippen LogP contribution in [0.1, 0.15) is 26.3 Å². The van der Waals surface area contributed by atoms with Crippen molar-refractivity contribution in [1.82, 2.24) is 0 Å². The molecule has 13 heavy (non-hydrogen) atoms. The first-order chi connectivity index (χ1) is 5.99. The van der Waals surface area contributed by atoms with Crippen LogP contribution in [-0.4, -0.2) is 0 Å². The average molecular weight is 173 g/mol. The summed E-state index contributed by atoms with van der Waals surface area (Å²) >= 11 is 0. The Bertz CT molecular complexity index is 347. The molecule has 0 aliphatic heterocycles. The van der Waals surface area contributed by atoms with Gasteiger partial charge in [-0.25, -0.2) is 0 Å². The summed E-state index contributed by atoms with van der Waals surface area (Å²) in [7, 11) is 0. The number of hydrogen-bond acceptors (Lipinski definition) is 1. The van der Waals surface area contributed by atoms with E-state index in [9.17, 15) is 0 Å². The third-order valence-corrected chi connectivity index (χ3v) is 1.53. The molecule has 0 unspecified atom stereocenters. The zero-order valence-corrected chi connectivity index (χ0v) is 8.39. The lowest BCUT2D eigenvalue weighted by molar-refractivity contribution is 0.571. The molecule has 0 saturated carbocycles. The molecule has 1 aromatic rings. The Hall–Kier alpha value is -1.42. The fourth-order valence-electron chi connectivity index (χ4n) is 0.866. The van der Waals surface area contributed by atoms with Crippen molar-refractivity contribution in [2.45, 2.75) is 20.8 Å². The maximum absolute atomic E-state index is 5.75.